The molecular weight excluding hydrogens is 257 g/mol. The number of anilines is 1. The molecular formula is C15H22FN3O+2. The Bertz CT molecular complexity index is 453. The topological polar surface area (TPSA) is 38.0 Å². The molecule has 2 rings (SSSR count). The molecule has 0 bridgehead atoms. The van der Waals surface area contributed by atoms with Crippen LogP contribution in [0.25, 0.3) is 0 Å². The van der Waals surface area contributed by atoms with Crippen LogP contribution in [0.1, 0.15) is 0 Å². The lowest BCUT2D eigenvalue weighted by Gasteiger charge is -2.28. The highest BCUT2D eigenvalue weighted by atomic mass is 19.1. The Hall–Kier alpha value is -1.72. The fraction of sp³-hybridized carbons (Fsp3) is 0.400. The molecule has 1 amide bonds. The molecule has 1 fully saturated rings. The number of carbonyl (C=O) groups excluding carboxylic acids is 1. The first-order valence-electron chi connectivity index (χ1n) is 7.01. The Labute approximate surface area is 118 Å². The highest BCUT2D eigenvalue weighted by Gasteiger charge is 2.23. The van der Waals surface area contributed by atoms with Crippen LogP contribution in [0.15, 0.2) is 36.9 Å². The van der Waals surface area contributed by atoms with Crippen molar-refractivity contribution in [2.45, 2.75) is 0 Å². The number of amides is 1. The number of nitrogens with one attached hydrogen (secondary N) is 3. The quantitative estimate of drug-likeness (QED) is 0.578. The van der Waals surface area contributed by atoms with Crippen molar-refractivity contribution in [1.82, 2.24) is 0 Å². The molecule has 1 aliphatic heterocycles. The van der Waals surface area contributed by atoms with Gasteiger partial charge in [-0.15, -0.1) is 0 Å². The third-order valence-electron chi connectivity index (χ3n) is 3.64. The molecule has 0 unspecified atom stereocenters. The van der Waals surface area contributed by atoms with Crippen molar-refractivity contribution < 1.29 is 19.0 Å². The van der Waals surface area contributed by atoms with Gasteiger partial charge < -0.3 is 15.1 Å². The molecule has 1 heterocycles. The molecule has 108 valence electrons. The van der Waals surface area contributed by atoms with Crippen LogP contribution in [-0.4, -0.2) is 45.2 Å². The molecule has 0 saturated carbocycles. The lowest BCUT2D eigenvalue weighted by Crippen LogP contribution is -3.28. The number of halogens is 1. The summed E-state index contributed by atoms with van der Waals surface area (Å²) < 4.78 is 12.8. The molecule has 0 radical (unpaired) electrons. The van der Waals surface area contributed by atoms with E-state index in [2.05, 4.69) is 11.9 Å². The number of piperazine rings is 1. The number of hydrogen-bond acceptors (Lipinski definition) is 1. The van der Waals surface area contributed by atoms with Gasteiger partial charge in [-0.1, -0.05) is 6.58 Å². The molecule has 0 aliphatic carbocycles. The molecule has 3 N–H and O–H groups in total. The molecule has 4 nitrogen and oxygen atoms in total. The van der Waals surface area contributed by atoms with Gasteiger partial charge in [0.25, 0.3) is 5.91 Å². The van der Waals surface area contributed by atoms with Gasteiger partial charge in [0.1, 0.15) is 32.0 Å². The predicted octanol–water partition coefficient (Wildman–Crippen LogP) is -1.27. The first-order chi connectivity index (χ1) is 9.67. The van der Waals surface area contributed by atoms with Crippen molar-refractivity contribution in [2.75, 3.05) is 44.6 Å². The van der Waals surface area contributed by atoms with Crippen molar-refractivity contribution in [3.63, 3.8) is 0 Å². The number of hydrogen-bond donors (Lipinski definition) is 3. The maximum Gasteiger partial charge on any atom is 0.279 e. The number of rotatable bonds is 5. The molecule has 1 aromatic rings. The van der Waals surface area contributed by atoms with E-state index in [0.29, 0.717) is 12.2 Å². The lowest BCUT2D eigenvalue weighted by atomic mass is 10.3. The van der Waals surface area contributed by atoms with Crippen LogP contribution in [-0.2, 0) is 4.79 Å². The summed E-state index contributed by atoms with van der Waals surface area (Å²) in [5.41, 5.74) is 0.645. The van der Waals surface area contributed by atoms with Gasteiger partial charge in [0, 0.05) is 5.69 Å². The second kappa shape index (κ2) is 7.17. The highest BCUT2D eigenvalue weighted by Crippen LogP contribution is 2.07. The van der Waals surface area contributed by atoms with E-state index in [1.807, 2.05) is 6.08 Å². The predicted molar refractivity (Wildman–Crippen MR) is 76.4 cm³/mol. The Morgan fingerprint density at radius 1 is 1.20 bits per heavy atom. The van der Waals surface area contributed by atoms with Crippen LogP contribution >= 0.6 is 0 Å². The van der Waals surface area contributed by atoms with Crippen LogP contribution in [0.5, 0.6) is 0 Å². The zero-order chi connectivity index (χ0) is 14.4. The van der Waals surface area contributed by atoms with Crippen LogP contribution < -0.4 is 15.1 Å². The molecule has 1 saturated heterocycles. The van der Waals surface area contributed by atoms with E-state index in [0.717, 1.165) is 32.7 Å². The van der Waals surface area contributed by atoms with Gasteiger partial charge in [0.15, 0.2) is 6.54 Å². The first kappa shape index (κ1) is 14.7. The van der Waals surface area contributed by atoms with E-state index < -0.39 is 0 Å². The van der Waals surface area contributed by atoms with Crippen LogP contribution in [0.3, 0.4) is 0 Å². The average molecular weight is 279 g/mol. The Morgan fingerprint density at radius 2 is 1.80 bits per heavy atom. The molecule has 20 heavy (non-hydrogen) atoms. The van der Waals surface area contributed by atoms with Gasteiger partial charge in [0.2, 0.25) is 0 Å². The summed E-state index contributed by atoms with van der Waals surface area (Å²) in [6.45, 7) is 9.37. The lowest BCUT2D eigenvalue weighted by molar-refractivity contribution is -1.01. The molecule has 0 aromatic heterocycles. The summed E-state index contributed by atoms with van der Waals surface area (Å²) >= 11 is 0. The van der Waals surface area contributed by atoms with E-state index in [1.165, 1.54) is 21.9 Å². The molecule has 1 aliphatic rings. The molecule has 1 aromatic carbocycles. The van der Waals surface area contributed by atoms with E-state index >= 15 is 0 Å². The van der Waals surface area contributed by atoms with E-state index in [9.17, 15) is 9.18 Å². The van der Waals surface area contributed by atoms with Crippen molar-refractivity contribution in [2.24, 2.45) is 0 Å². The largest absolute Gasteiger partial charge is 0.322 e. The minimum atomic E-state index is -0.296. The standard InChI is InChI=1S/C15H20FN3O/c1-2-7-18-8-10-19(11-9-18)12-15(20)17-14-5-3-13(16)4-6-14/h2-6H,1,7-12H2,(H,17,20)/p+2. The summed E-state index contributed by atoms with van der Waals surface area (Å²) in [4.78, 5) is 14.8. The minimum absolute atomic E-state index is 0.0150. The van der Waals surface area contributed by atoms with Crippen molar-refractivity contribution in [3.8, 4) is 0 Å². The second-order valence-corrected chi connectivity index (χ2v) is 5.22. The van der Waals surface area contributed by atoms with Gasteiger partial charge >= 0.3 is 0 Å². The Balaban J connectivity index is 1.75. The van der Waals surface area contributed by atoms with Crippen molar-refractivity contribution in [1.29, 1.82) is 0 Å². The monoisotopic (exact) mass is 279 g/mol. The second-order valence-electron chi connectivity index (χ2n) is 5.22. The fourth-order valence-electron chi connectivity index (χ4n) is 2.51. The van der Waals surface area contributed by atoms with Gasteiger partial charge in [-0.05, 0) is 30.3 Å². The fourth-order valence-corrected chi connectivity index (χ4v) is 2.51. The summed E-state index contributed by atoms with van der Waals surface area (Å²) in [5, 5.41) is 2.80. The van der Waals surface area contributed by atoms with Gasteiger partial charge in [0.05, 0.1) is 6.54 Å². The smallest absolute Gasteiger partial charge is 0.279 e. The number of quaternary nitrogens is 2. The van der Waals surface area contributed by atoms with Gasteiger partial charge in [-0.2, -0.15) is 0 Å². The Morgan fingerprint density at radius 3 is 2.40 bits per heavy atom. The van der Waals surface area contributed by atoms with E-state index in [-0.39, 0.29) is 11.7 Å². The maximum atomic E-state index is 12.8. The third-order valence-corrected chi connectivity index (χ3v) is 3.64. The summed E-state index contributed by atoms with van der Waals surface area (Å²) in [5.74, 6) is -0.311. The van der Waals surface area contributed by atoms with Crippen LogP contribution in [0.4, 0.5) is 10.1 Å². The average Bonchev–Trinajstić information content (AvgIpc) is 2.44. The molecule has 5 heteroatoms. The number of carbonyl (C=O) groups is 1. The zero-order valence-electron chi connectivity index (χ0n) is 11.6. The summed E-state index contributed by atoms with van der Waals surface area (Å²) in [7, 11) is 0. The maximum absolute atomic E-state index is 12.8. The number of benzene rings is 1. The van der Waals surface area contributed by atoms with Crippen LogP contribution in [0, 0.1) is 5.82 Å². The SMILES string of the molecule is C=CC[NH+]1CC[NH+](CC(=O)Nc2ccc(F)cc2)CC1. The Kier molecular flexibility index (Phi) is 5.26. The van der Waals surface area contributed by atoms with Gasteiger partial charge in [-0.25, -0.2) is 4.39 Å². The minimum Gasteiger partial charge on any atom is -0.322 e. The van der Waals surface area contributed by atoms with Crippen LogP contribution in [0.2, 0.25) is 0 Å². The van der Waals surface area contributed by atoms with E-state index in [1.54, 1.807) is 12.1 Å². The highest BCUT2D eigenvalue weighted by molar-refractivity contribution is 5.91. The van der Waals surface area contributed by atoms with Crippen molar-refractivity contribution >= 4 is 11.6 Å². The van der Waals surface area contributed by atoms with E-state index in [4.69, 9.17) is 0 Å². The normalized spacial score (nSPS) is 22.2. The third kappa shape index (κ3) is 4.43. The van der Waals surface area contributed by atoms with Gasteiger partial charge in [-0.3, -0.25) is 4.79 Å². The first-order valence-corrected chi connectivity index (χ1v) is 7.01. The van der Waals surface area contributed by atoms with Crippen molar-refractivity contribution in [3.05, 3.63) is 42.7 Å². The zero-order valence-corrected chi connectivity index (χ0v) is 11.6. The summed E-state index contributed by atoms with van der Waals surface area (Å²) in [6, 6.07) is 5.85. The molecule has 0 spiro atoms. The summed E-state index contributed by atoms with van der Waals surface area (Å²) in [6.07, 6.45) is 1.95. The molecule has 0 atom stereocenters.